The third-order valence-electron chi connectivity index (χ3n) is 2.22. The first kappa shape index (κ1) is 15.4. The smallest absolute Gasteiger partial charge is 0.212 e. The van der Waals surface area contributed by atoms with Gasteiger partial charge in [-0.25, -0.2) is 12.8 Å². The molecule has 0 saturated carbocycles. The van der Waals surface area contributed by atoms with Crippen LogP contribution in [0.5, 0.6) is 0 Å². The molecular weight excluding hydrogens is 293 g/mol. The molecule has 0 aliphatic heterocycles. The maximum absolute atomic E-state index is 13.2. The first-order valence-corrected chi connectivity index (χ1v) is 7.05. The number of hydrogen-bond acceptors (Lipinski definition) is 4. The summed E-state index contributed by atoms with van der Waals surface area (Å²) in [4.78, 5) is 0. The molecule has 0 spiro atoms. The molecule has 0 aliphatic carbocycles. The van der Waals surface area contributed by atoms with E-state index in [0.717, 1.165) is 10.4 Å². The van der Waals surface area contributed by atoms with Crippen LogP contribution < -0.4 is 0 Å². The van der Waals surface area contributed by atoms with Crippen LogP contribution in [0.4, 0.5) is 4.39 Å². The molecule has 0 unspecified atom stereocenters. The summed E-state index contributed by atoms with van der Waals surface area (Å²) in [6.45, 7) is -0.849. The van der Waals surface area contributed by atoms with Crippen molar-refractivity contribution in [3.8, 4) is 12.1 Å². The summed E-state index contributed by atoms with van der Waals surface area (Å²) in [5, 5.41) is 17.0. The number of halogens is 2. The molecule has 5 nitrogen and oxygen atoms in total. The highest BCUT2D eigenvalue weighted by Crippen LogP contribution is 2.18. The van der Waals surface area contributed by atoms with Gasteiger partial charge < -0.3 is 0 Å². The molecule has 0 aliphatic rings. The molecule has 100 valence electrons. The molecule has 0 amide bonds. The lowest BCUT2D eigenvalue weighted by Crippen LogP contribution is -2.32. The van der Waals surface area contributed by atoms with Crippen LogP contribution in [0.1, 0.15) is 5.56 Å². The molecule has 0 fully saturated rings. The van der Waals surface area contributed by atoms with Crippen molar-refractivity contribution in [3.05, 3.63) is 34.6 Å². The third kappa shape index (κ3) is 4.18. The average Bonchev–Trinajstić information content (AvgIpc) is 2.33. The first-order valence-electron chi connectivity index (χ1n) is 5.06. The fraction of sp³-hybridized carbons (Fsp3) is 0.273. The molecule has 8 heteroatoms. The number of hydrogen-bond donors (Lipinski definition) is 0. The van der Waals surface area contributed by atoms with E-state index in [9.17, 15) is 12.8 Å². The highest BCUT2D eigenvalue weighted by molar-refractivity contribution is 7.88. The van der Waals surface area contributed by atoms with Crippen molar-refractivity contribution in [1.82, 2.24) is 4.31 Å². The Morgan fingerprint density at radius 2 is 1.84 bits per heavy atom. The van der Waals surface area contributed by atoms with E-state index in [1.807, 2.05) is 0 Å². The van der Waals surface area contributed by atoms with Gasteiger partial charge in [0.25, 0.3) is 0 Å². The van der Waals surface area contributed by atoms with Gasteiger partial charge in [0.1, 0.15) is 18.9 Å². The summed E-state index contributed by atoms with van der Waals surface area (Å²) in [6, 6.07) is 6.97. The van der Waals surface area contributed by atoms with Gasteiger partial charge in [-0.3, -0.25) is 0 Å². The normalized spacial score (nSPS) is 11.0. The Bertz CT molecular complexity index is 633. The summed E-state index contributed by atoms with van der Waals surface area (Å²) in [7, 11) is -3.85. The van der Waals surface area contributed by atoms with Crippen LogP contribution in [-0.4, -0.2) is 25.8 Å². The second-order valence-corrected chi connectivity index (χ2v) is 5.97. The highest BCUT2D eigenvalue weighted by Gasteiger charge is 2.22. The van der Waals surface area contributed by atoms with Crippen molar-refractivity contribution >= 4 is 21.6 Å². The van der Waals surface area contributed by atoms with Gasteiger partial charge in [0.2, 0.25) is 10.0 Å². The molecule has 0 radical (unpaired) electrons. The van der Waals surface area contributed by atoms with E-state index < -0.39 is 34.7 Å². The zero-order valence-electron chi connectivity index (χ0n) is 9.68. The maximum atomic E-state index is 13.2. The van der Waals surface area contributed by atoms with Gasteiger partial charge in [-0.15, -0.1) is 0 Å². The van der Waals surface area contributed by atoms with Gasteiger partial charge in [0.05, 0.1) is 22.9 Å². The van der Waals surface area contributed by atoms with Crippen LogP contribution in [0.15, 0.2) is 18.2 Å². The number of rotatable bonds is 5. The standard InChI is InChI=1S/C11H9ClFN3O2S/c12-10-2-1-9(7-11(10)13)8-19(17,18)16(5-3-14)6-4-15/h1-2,7H,5-6,8H2. The fourth-order valence-corrected chi connectivity index (χ4v) is 2.75. The van der Waals surface area contributed by atoms with E-state index in [2.05, 4.69) is 0 Å². The Kier molecular flexibility index (Phi) is 5.25. The molecule has 19 heavy (non-hydrogen) atoms. The van der Waals surface area contributed by atoms with Crippen molar-refractivity contribution in [2.24, 2.45) is 0 Å². The number of nitriles is 2. The quantitative estimate of drug-likeness (QED) is 0.774. The van der Waals surface area contributed by atoms with E-state index in [1.165, 1.54) is 12.1 Å². The van der Waals surface area contributed by atoms with Crippen LogP contribution in [0.3, 0.4) is 0 Å². The van der Waals surface area contributed by atoms with Crippen molar-refractivity contribution in [3.63, 3.8) is 0 Å². The lowest BCUT2D eigenvalue weighted by Gasteiger charge is -2.15. The van der Waals surface area contributed by atoms with Gasteiger partial charge in [-0.1, -0.05) is 17.7 Å². The average molecular weight is 302 g/mol. The van der Waals surface area contributed by atoms with Gasteiger partial charge in [-0.05, 0) is 17.7 Å². The Balaban J connectivity index is 2.98. The molecule has 0 aromatic heterocycles. The van der Waals surface area contributed by atoms with Crippen LogP contribution in [0.25, 0.3) is 0 Å². The van der Waals surface area contributed by atoms with Gasteiger partial charge in [0, 0.05) is 0 Å². The molecular formula is C11H9ClFN3O2S. The van der Waals surface area contributed by atoms with Crippen LogP contribution in [0, 0.1) is 28.5 Å². The SMILES string of the molecule is N#CCN(CC#N)S(=O)(=O)Cc1ccc(Cl)c(F)c1. The molecule has 0 bridgehead atoms. The molecule has 0 heterocycles. The lowest BCUT2D eigenvalue weighted by molar-refractivity contribution is 0.478. The third-order valence-corrected chi connectivity index (χ3v) is 4.27. The van der Waals surface area contributed by atoms with Gasteiger partial charge in [0.15, 0.2) is 0 Å². The van der Waals surface area contributed by atoms with Crippen molar-refractivity contribution < 1.29 is 12.8 Å². The van der Waals surface area contributed by atoms with Crippen LogP contribution in [0.2, 0.25) is 5.02 Å². The summed E-state index contributed by atoms with van der Waals surface area (Å²) in [5.41, 5.74) is 0.197. The lowest BCUT2D eigenvalue weighted by atomic mass is 10.2. The second-order valence-electron chi connectivity index (χ2n) is 3.59. The molecule has 1 rings (SSSR count). The number of nitrogens with zero attached hydrogens (tertiary/aromatic N) is 3. The van der Waals surface area contributed by atoms with E-state index >= 15 is 0 Å². The van der Waals surface area contributed by atoms with Crippen molar-refractivity contribution in [1.29, 1.82) is 10.5 Å². The predicted octanol–water partition coefficient (Wildman–Crippen LogP) is 1.66. The van der Waals surface area contributed by atoms with E-state index in [4.69, 9.17) is 22.1 Å². The van der Waals surface area contributed by atoms with Gasteiger partial charge >= 0.3 is 0 Å². The fourth-order valence-electron chi connectivity index (χ4n) is 1.34. The van der Waals surface area contributed by atoms with Crippen molar-refractivity contribution in [2.45, 2.75) is 5.75 Å². The second kappa shape index (κ2) is 6.48. The van der Waals surface area contributed by atoms with E-state index in [1.54, 1.807) is 12.1 Å². The maximum Gasteiger partial charge on any atom is 0.220 e. The molecule has 0 N–H and O–H groups in total. The monoisotopic (exact) mass is 301 g/mol. The largest absolute Gasteiger partial charge is 0.220 e. The Hall–Kier alpha value is -1.67. The minimum atomic E-state index is -3.85. The minimum Gasteiger partial charge on any atom is -0.212 e. The van der Waals surface area contributed by atoms with E-state index in [0.29, 0.717) is 0 Å². The zero-order chi connectivity index (χ0) is 14.5. The summed E-state index contributed by atoms with van der Waals surface area (Å²) < 4.78 is 37.8. The summed E-state index contributed by atoms with van der Waals surface area (Å²) >= 11 is 5.49. The van der Waals surface area contributed by atoms with Crippen LogP contribution >= 0.6 is 11.6 Å². The Morgan fingerprint density at radius 3 is 2.32 bits per heavy atom. The molecule has 0 saturated heterocycles. The molecule has 1 aromatic rings. The summed E-state index contributed by atoms with van der Waals surface area (Å²) in [5.74, 6) is -1.22. The topological polar surface area (TPSA) is 85.0 Å². The molecule has 0 atom stereocenters. The first-order chi connectivity index (χ1) is 8.90. The van der Waals surface area contributed by atoms with Crippen molar-refractivity contribution in [2.75, 3.05) is 13.1 Å². The van der Waals surface area contributed by atoms with Gasteiger partial charge in [-0.2, -0.15) is 14.8 Å². The Labute approximate surface area is 115 Å². The zero-order valence-corrected chi connectivity index (χ0v) is 11.2. The highest BCUT2D eigenvalue weighted by atomic mass is 35.5. The predicted molar refractivity (Wildman–Crippen MR) is 66.8 cm³/mol. The minimum absolute atomic E-state index is 0.105. The molecule has 1 aromatic carbocycles. The van der Waals surface area contributed by atoms with E-state index in [-0.39, 0.29) is 10.6 Å². The van der Waals surface area contributed by atoms with Crippen LogP contribution in [-0.2, 0) is 15.8 Å². The number of sulfonamides is 1. The summed E-state index contributed by atoms with van der Waals surface area (Å²) in [6.07, 6.45) is 0. The Morgan fingerprint density at radius 1 is 1.26 bits per heavy atom. The number of benzene rings is 1.